The molecule has 0 atom stereocenters. The maximum atomic E-state index is 12.7. The van der Waals surface area contributed by atoms with E-state index in [0.717, 1.165) is 28.5 Å². The van der Waals surface area contributed by atoms with Crippen molar-refractivity contribution in [2.45, 2.75) is 12.8 Å². The molecule has 0 amide bonds. The molecular weight excluding hydrogens is 390 g/mol. The maximum absolute atomic E-state index is 12.7. The van der Waals surface area contributed by atoms with Crippen LogP contribution in [0.4, 0.5) is 5.69 Å². The molecule has 3 aromatic carbocycles. The fourth-order valence-corrected chi connectivity index (χ4v) is 4.59. The number of anilines is 1. The van der Waals surface area contributed by atoms with Crippen LogP contribution < -0.4 is 13.8 Å². The van der Waals surface area contributed by atoms with Crippen LogP contribution in [0.2, 0.25) is 0 Å². The van der Waals surface area contributed by atoms with E-state index < -0.39 is 16.0 Å². The van der Waals surface area contributed by atoms with Crippen LogP contribution in [0.1, 0.15) is 22.3 Å². The van der Waals surface area contributed by atoms with Crippen molar-refractivity contribution in [2.75, 3.05) is 24.2 Å². The van der Waals surface area contributed by atoms with Gasteiger partial charge in [0.25, 0.3) is 0 Å². The fourth-order valence-electron chi connectivity index (χ4n) is 3.59. The summed E-state index contributed by atoms with van der Waals surface area (Å²) in [4.78, 5) is 12.7. The number of carbonyl (C=O) groups excluding carboxylic acids is 1. The molecule has 6 nitrogen and oxygen atoms in total. The van der Waals surface area contributed by atoms with Crippen LogP contribution in [0.3, 0.4) is 0 Å². The largest absolute Gasteiger partial charge is 0.497 e. The van der Waals surface area contributed by atoms with E-state index in [0.29, 0.717) is 30.0 Å². The number of hydrogen-bond acceptors (Lipinski definition) is 5. The zero-order valence-electron chi connectivity index (χ0n) is 16.2. The fraction of sp³-hybridized carbons (Fsp3) is 0.227. The summed E-state index contributed by atoms with van der Waals surface area (Å²) in [5.41, 5.74) is 1.86. The number of aryl methyl sites for hydroxylation is 1. The van der Waals surface area contributed by atoms with Gasteiger partial charge in [-0.05, 0) is 71.6 Å². The summed E-state index contributed by atoms with van der Waals surface area (Å²) in [7, 11) is -1.74. The molecule has 0 fully saturated rings. The molecule has 3 aromatic rings. The molecule has 0 bridgehead atoms. The van der Waals surface area contributed by atoms with Crippen LogP contribution in [0.25, 0.3) is 10.8 Å². The first-order chi connectivity index (χ1) is 13.8. The number of methoxy groups -OCH3 is 1. The summed E-state index contributed by atoms with van der Waals surface area (Å²) in [6.45, 7) is 0.455. The number of nitrogens with zero attached hydrogens (tertiary/aromatic N) is 1. The molecule has 150 valence electrons. The summed E-state index contributed by atoms with van der Waals surface area (Å²) in [6, 6.07) is 16.1. The van der Waals surface area contributed by atoms with Crippen molar-refractivity contribution in [1.82, 2.24) is 0 Å². The van der Waals surface area contributed by atoms with Crippen LogP contribution in [0, 0.1) is 0 Å². The Morgan fingerprint density at radius 2 is 1.69 bits per heavy atom. The van der Waals surface area contributed by atoms with Crippen molar-refractivity contribution in [2.24, 2.45) is 0 Å². The maximum Gasteiger partial charge on any atom is 0.343 e. The van der Waals surface area contributed by atoms with Gasteiger partial charge in [-0.25, -0.2) is 13.2 Å². The standard InChI is InChI=1S/C22H21NO5S/c1-27-19-8-5-15-6-9-20(14-18(15)13-19)28-22(24)17-7-10-21-16(12-17)4-3-11-23(21)29(2,25)26/h5-10,12-14H,3-4,11H2,1-2H3. The summed E-state index contributed by atoms with van der Waals surface area (Å²) >= 11 is 0. The molecule has 7 heteroatoms. The zero-order valence-corrected chi connectivity index (χ0v) is 17.0. The normalized spacial score (nSPS) is 13.8. The van der Waals surface area contributed by atoms with Gasteiger partial charge in [0.15, 0.2) is 0 Å². The highest BCUT2D eigenvalue weighted by Gasteiger charge is 2.25. The van der Waals surface area contributed by atoms with Crippen molar-refractivity contribution >= 4 is 32.5 Å². The minimum Gasteiger partial charge on any atom is -0.497 e. The second-order valence-corrected chi connectivity index (χ2v) is 8.95. The first-order valence-electron chi connectivity index (χ1n) is 9.26. The third kappa shape index (κ3) is 3.91. The molecule has 1 aliphatic rings. The predicted octanol–water partition coefficient (Wildman–Crippen LogP) is 3.78. The van der Waals surface area contributed by atoms with Gasteiger partial charge < -0.3 is 9.47 Å². The Morgan fingerprint density at radius 3 is 2.41 bits per heavy atom. The van der Waals surface area contributed by atoms with Gasteiger partial charge in [-0.1, -0.05) is 12.1 Å². The molecule has 1 heterocycles. The van der Waals surface area contributed by atoms with Gasteiger partial charge in [-0.3, -0.25) is 4.31 Å². The predicted molar refractivity (Wildman–Crippen MR) is 112 cm³/mol. The van der Waals surface area contributed by atoms with Crippen molar-refractivity contribution in [3.05, 3.63) is 65.7 Å². The van der Waals surface area contributed by atoms with E-state index in [1.165, 1.54) is 10.6 Å². The second kappa shape index (κ2) is 7.40. The zero-order chi connectivity index (χ0) is 20.6. The van der Waals surface area contributed by atoms with Crippen molar-refractivity contribution in [1.29, 1.82) is 0 Å². The number of esters is 1. The van der Waals surface area contributed by atoms with Gasteiger partial charge in [0, 0.05) is 6.54 Å². The molecule has 0 aliphatic carbocycles. The summed E-state index contributed by atoms with van der Waals surface area (Å²) < 4.78 is 36.2. The number of fused-ring (bicyclic) bond motifs is 2. The molecule has 4 rings (SSSR count). The third-order valence-corrected chi connectivity index (χ3v) is 6.20. The lowest BCUT2D eigenvalue weighted by Gasteiger charge is -2.29. The molecule has 0 saturated carbocycles. The van der Waals surface area contributed by atoms with Crippen molar-refractivity contribution in [3.8, 4) is 11.5 Å². The van der Waals surface area contributed by atoms with Gasteiger partial charge in [0.2, 0.25) is 10.0 Å². The highest BCUT2D eigenvalue weighted by atomic mass is 32.2. The van der Waals surface area contributed by atoms with Gasteiger partial charge >= 0.3 is 5.97 Å². The van der Waals surface area contributed by atoms with E-state index in [1.807, 2.05) is 24.3 Å². The Labute approximate surface area is 169 Å². The van der Waals surface area contributed by atoms with E-state index in [9.17, 15) is 13.2 Å². The quantitative estimate of drug-likeness (QED) is 0.483. The number of rotatable bonds is 4. The smallest absolute Gasteiger partial charge is 0.343 e. The monoisotopic (exact) mass is 411 g/mol. The molecule has 0 saturated heterocycles. The summed E-state index contributed by atoms with van der Waals surface area (Å²) in [5.74, 6) is 0.684. The third-order valence-electron chi connectivity index (χ3n) is 5.02. The molecule has 0 aromatic heterocycles. The first-order valence-corrected chi connectivity index (χ1v) is 11.1. The van der Waals surface area contributed by atoms with Crippen LogP contribution >= 0.6 is 0 Å². The van der Waals surface area contributed by atoms with E-state index in [4.69, 9.17) is 9.47 Å². The number of benzene rings is 3. The topological polar surface area (TPSA) is 72.9 Å². The molecule has 0 unspecified atom stereocenters. The molecular formula is C22H21NO5S. The Hall–Kier alpha value is -3.06. The second-order valence-electron chi connectivity index (χ2n) is 7.05. The van der Waals surface area contributed by atoms with Crippen LogP contribution in [0.5, 0.6) is 11.5 Å². The number of hydrogen-bond donors (Lipinski definition) is 0. The average Bonchev–Trinajstić information content (AvgIpc) is 2.71. The number of ether oxygens (including phenoxy) is 2. The van der Waals surface area contributed by atoms with Crippen LogP contribution in [-0.2, 0) is 16.4 Å². The van der Waals surface area contributed by atoms with Gasteiger partial charge in [-0.15, -0.1) is 0 Å². The van der Waals surface area contributed by atoms with E-state index in [2.05, 4.69) is 0 Å². The SMILES string of the molecule is COc1ccc2ccc(OC(=O)c3ccc4c(c3)CCCN4S(C)(=O)=O)cc2c1. The van der Waals surface area contributed by atoms with Crippen LogP contribution in [0.15, 0.2) is 54.6 Å². The lowest BCUT2D eigenvalue weighted by molar-refractivity contribution is 0.0735. The summed E-state index contributed by atoms with van der Waals surface area (Å²) in [5, 5.41) is 1.92. The molecule has 29 heavy (non-hydrogen) atoms. The Balaban J connectivity index is 1.60. The lowest BCUT2D eigenvalue weighted by atomic mass is 10.0. The molecule has 0 radical (unpaired) electrons. The van der Waals surface area contributed by atoms with Crippen molar-refractivity contribution < 1.29 is 22.7 Å². The molecule has 0 spiro atoms. The minimum atomic E-state index is -3.34. The Bertz CT molecular complexity index is 1200. The Kier molecular flexibility index (Phi) is 4.92. The highest BCUT2D eigenvalue weighted by molar-refractivity contribution is 7.92. The Morgan fingerprint density at radius 1 is 0.966 bits per heavy atom. The summed E-state index contributed by atoms with van der Waals surface area (Å²) in [6.07, 6.45) is 2.63. The average molecular weight is 411 g/mol. The van der Waals surface area contributed by atoms with E-state index in [-0.39, 0.29) is 0 Å². The van der Waals surface area contributed by atoms with Gasteiger partial charge in [0.05, 0.1) is 24.6 Å². The van der Waals surface area contributed by atoms with Gasteiger partial charge in [-0.2, -0.15) is 0 Å². The number of carbonyl (C=O) groups is 1. The van der Waals surface area contributed by atoms with Crippen LogP contribution in [-0.4, -0.2) is 34.3 Å². The van der Waals surface area contributed by atoms with E-state index >= 15 is 0 Å². The lowest BCUT2D eigenvalue weighted by Crippen LogP contribution is -2.34. The first kappa shape index (κ1) is 19.3. The number of sulfonamides is 1. The molecule has 1 aliphatic heterocycles. The highest BCUT2D eigenvalue weighted by Crippen LogP contribution is 2.31. The minimum absolute atomic E-state index is 0.393. The molecule has 0 N–H and O–H groups in total. The van der Waals surface area contributed by atoms with Crippen molar-refractivity contribution in [3.63, 3.8) is 0 Å². The van der Waals surface area contributed by atoms with Gasteiger partial charge in [0.1, 0.15) is 11.5 Å². The van der Waals surface area contributed by atoms with E-state index in [1.54, 1.807) is 37.4 Å².